The minimum atomic E-state index is -0.600. The van der Waals surface area contributed by atoms with Crippen molar-refractivity contribution in [1.29, 1.82) is 0 Å². The molecule has 0 bridgehead atoms. The van der Waals surface area contributed by atoms with E-state index in [0.29, 0.717) is 16.9 Å². The molecule has 1 N–H and O–H groups in total. The Labute approximate surface area is 81.6 Å². The monoisotopic (exact) mass is 190 g/mol. The molecule has 1 aliphatic heterocycles. The van der Waals surface area contributed by atoms with Gasteiger partial charge >= 0.3 is 0 Å². The molecule has 0 aliphatic carbocycles. The third-order valence-corrected chi connectivity index (χ3v) is 2.25. The normalized spacial score (nSPS) is 20.2. The molecule has 0 saturated carbocycles. The summed E-state index contributed by atoms with van der Waals surface area (Å²) in [5.41, 5.74) is 0.827. The van der Waals surface area contributed by atoms with E-state index in [0.717, 1.165) is 0 Å². The molecule has 2 rings (SSSR count). The van der Waals surface area contributed by atoms with Gasteiger partial charge in [-0.2, -0.15) is 0 Å². The molecule has 14 heavy (non-hydrogen) atoms. The SMILES string of the molecule is C=C1C(=O)c2ccccc2OC1CO. The van der Waals surface area contributed by atoms with Crippen LogP contribution in [0.4, 0.5) is 0 Å². The van der Waals surface area contributed by atoms with Crippen molar-refractivity contribution < 1.29 is 14.6 Å². The van der Waals surface area contributed by atoms with E-state index in [4.69, 9.17) is 9.84 Å². The van der Waals surface area contributed by atoms with Crippen LogP contribution in [-0.2, 0) is 0 Å². The van der Waals surface area contributed by atoms with Gasteiger partial charge in [0.2, 0.25) is 0 Å². The number of ether oxygens (including phenoxy) is 1. The first-order valence-corrected chi connectivity index (χ1v) is 4.34. The Morgan fingerprint density at radius 3 is 2.86 bits per heavy atom. The molecule has 72 valence electrons. The fourth-order valence-electron chi connectivity index (χ4n) is 1.45. The lowest BCUT2D eigenvalue weighted by Crippen LogP contribution is -2.32. The molecule has 1 atom stereocenters. The molecule has 3 heteroatoms. The summed E-state index contributed by atoms with van der Waals surface area (Å²) < 4.78 is 5.39. The van der Waals surface area contributed by atoms with Crippen LogP contribution in [0.2, 0.25) is 0 Å². The van der Waals surface area contributed by atoms with Crippen LogP contribution in [0.25, 0.3) is 0 Å². The number of aliphatic hydroxyl groups excluding tert-OH is 1. The molecule has 0 aromatic heterocycles. The number of hydrogen-bond donors (Lipinski definition) is 1. The molecule has 0 spiro atoms. The van der Waals surface area contributed by atoms with Crippen LogP contribution in [0, 0.1) is 0 Å². The number of hydrogen-bond acceptors (Lipinski definition) is 3. The second-order valence-electron chi connectivity index (χ2n) is 3.14. The molecule has 0 radical (unpaired) electrons. The van der Waals surface area contributed by atoms with Crippen molar-refractivity contribution in [3.8, 4) is 5.75 Å². The third kappa shape index (κ3) is 1.22. The average Bonchev–Trinajstić information content (AvgIpc) is 2.23. The molecule has 1 aromatic rings. The number of ketones is 1. The van der Waals surface area contributed by atoms with Crippen molar-refractivity contribution >= 4 is 5.78 Å². The molecule has 3 nitrogen and oxygen atoms in total. The molecular formula is C11H10O3. The highest BCUT2D eigenvalue weighted by molar-refractivity contribution is 6.11. The van der Waals surface area contributed by atoms with Gasteiger partial charge in [-0.3, -0.25) is 4.79 Å². The fraction of sp³-hybridized carbons (Fsp3) is 0.182. The summed E-state index contributed by atoms with van der Waals surface area (Å²) in [6.45, 7) is 3.39. The van der Waals surface area contributed by atoms with E-state index in [1.54, 1.807) is 24.3 Å². The highest BCUT2D eigenvalue weighted by Crippen LogP contribution is 2.29. The van der Waals surface area contributed by atoms with Crippen molar-refractivity contribution in [3.63, 3.8) is 0 Å². The minimum Gasteiger partial charge on any atom is -0.482 e. The molecule has 0 fully saturated rings. The lowest BCUT2D eigenvalue weighted by molar-refractivity contribution is 0.0887. The van der Waals surface area contributed by atoms with Gasteiger partial charge in [0.25, 0.3) is 0 Å². The van der Waals surface area contributed by atoms with Gasteiger partial charge in [-0.1, -0.05) is 18.7 Å². The third-order valence-electron chi connectivity index (χ3n) is 2.25. The predicted molar refractivity (Wildman–Crippen MR) is 51.4 cm³/mol. The number of benzene rings is 1. The number of aliphatic hydroxyl groups is 1. The van der Waals surface area contributed by atoms with Crippen LogP contribution in [0.1, 0.15) is 10.4 Å². The van der Waals surface area contributed by atoms with Gasteiger partial charge in [-0.15, -0.1) is 0 Å². The van der Waals surface area contributed by atoms with E-state index in [-0.39, 0.29) is 12.4 Å². The zero-order chi connectivity index (χ0) is 10.1. The second-order valence-corrected chi connectivity index (χ2v) is 3.14. The maximum atomic E-state index is 11.7. The molecule has 1 aliphatic rings. The van der Waals surface area contributed by atoms with Crippen LogP contribution in [0.5, 0.6) is 5.75 Å². The van der Waals surface area contributed by atoms with Crippen molar-refractivity contribution in [3.05, 3.63) is 42.0 Å². The van der Waals surface area contributed by atoms with Gasteiger partial charge in [-0.05, 0) is 12.1 Å². The van der Waals surface area contributed by atoms with Gasteiger partial charge < -0.3 is 9.84 Å². The largest absolute Gasteiger partial charge is 0.482 e. The Morgan fingerprint density at radius 1 is 1.43 bits per heavy atom. The Kier molecular flexibility index (Phi) is 2.09. The Hall–Kier alpha value is -1.61. The quantitative estimate of drug-likeness (QED) is 0.676. The van der Waals surface area contributed by atoms with Gasteiger partial charge in [-0.25, -0.2) is 0 Å². The zero-order valence-corrected chi connectivity index (χ0v) is 7.56. The highest BCUT2D eigenvalue weighted by Gasteiger charge is 2.29. The van der Waals surface area contributed by atoms with Gasteiger partial charge in [0.1, 0.15) is 11.9 Å². The van der Waals surface area contributed by atoms with Crippen molar-refractivity contribution in [2.45, 2.75) is 6.10 Å². The van der Waals surface area contributed by atoms with Crippen LogP contribution < -0.4 is 4.74 Å². The standard InChI is InChI=1S/C11H10O3/c1-7-10(6-12)14-9-5-3-2-4-8(9)11(7)13/h2-5,10,12H,1,6H2. The van der Waals surface area contributed by atoms with Gasteiger partial charge in [0.15, 0.2) is 5.78 Å². The molecule has 0 saturated heterocycles. The Bertz CT molecular complexity index is 395. The van der Waals surface area contributed by atoms with Crippen LogP contribution in [0.3, 0.4) is 0 Å². The van der Waals surface area contributed by atoms with E-state index in [1.165, 1.54) is 0 Å². The number of carbonyl (C=O) groups is 1. The van der Waals surface area contributed by atoms with E-state index in [1.807, 2.05) is 0 Å². The maximum absolute atomic E-state index is 11.7. The number of para-hydroxylation sites is 1. The first kappa shape index (κ1) is 8.97. The predicted octanol–water partition coefficient (Wildman–Crippen LogP) is 1.18. The maximum Gasteiger partial charge on any atom is 0.195 e. The summed E-state index contributed by atoms with van der Waals surface area (Å²) in [5, 5.41) is 8.97. The number of rotatable bonds is 1. The smallest absolute Gasteiger partial charge is 0.195 e. The molecule has 1 heterocycles. The van der Waals surface area contributed by atoms with Crippen molar-refractivity contribution in [1.82, 2.24) is 0 Å². The van der Waals surface area contributed by atoms with Gasteiger partial charge in [0.05, 0.1) is 12.2 Å². The minimum absolute atomic E-state index is 0.147. The number of carbonyl (C=O) groups excluding carboxylic acids is 1. The number of Topliss-reactive ketones (excluding diaryl/α,β-unsaturated/α-hetero) is 1. The van der Waals surface area contributed by atoms with E-state index < -0.39 is 6.10 Å². The van der Waals surface area contributed by atoms with Crippen molar-refractivity contribution in [2.24, 2.45) is 0 Å². The fourth-order valence-corrected chi connectivity index (χ4v) is 1.45. The highest BCUT2D eigenvalue weighted by atomic mass is 16.5. The summed E-state index contributed by atoms with van der Waals surface area (Å²) in [4.78, 5) is 11.7. The lowest BCUT2D eigenvalue weighted by atomic mass is 9.97. The van der Waals surface area contributed by atoms with Gasteiger partial charge in [0, 0.05) is 5.57 Å². The molecule has 1 aromatic carbocycles. The summed E-state index contributed by atoms with van der Waals surface area (Å²) in [6, 6.07) is 6.96. The molecule has 1 unspecified atom stereocenters. The Morgan fingerprint density at radius 2 is 2.14 bits per heavy atom. The van der Waals surface area contributed by atoms with Crippen LogP contribution in [-0.4, -0.2) is 23.6 Å². The van der Waals surface area contributed by atoms with E-state index >= 15 is 0 Å². The first-order chi connectivity index (χ1) is 6.74. The first-order valence-electron chi connectivity index (χ1n) is 4.34. The van der Waals surface area contributed by atoms with Crippen LogP contribution >= 0.6 is 0 Å². The van der Waals surface area contributed by atoms with Crippen LogP contribution in [0.15, 0.2) is 36.4 Å². The summed E-state index contributed by atoms with van der Waals surface area (Å²) in [7, 11) is 0. The average molecular weight is 190 g/mol. The molecular weight excluding hydrogens is 180 g/mol. The van der Waals surface area contributed by atoms with Crippen molar-refractivity contribution in [2.75, 3.05) is 6.61 Å². The Balaban J connectivity index is 2.48. The molecule has 0 amide bonds. The lowest BCUT2D eigenvalue weighted by Gasteiger charge is -2.25. The summed E-state index contributed by atoms with van der Waals surface area (Å²) >= 11 is 0. The van der Waals surface area contributed by atoms with E-state index in [2.05, 4.69) is 6.58 Å². The summed E-state index contributed by atoms with van der Waals surface area (Å²) in [5.74, 6) is 0.370. The number of fused-ring (bicyclic) bond motifs is 1. The summed E-state index contributed by atoms with van der Waals surface area (Å²) in [6.07, 6.45) is -0.600. The topological polar surface area (TPSA) is 46.5 Å². The zero-order valence-electron chi connectivity index (χ0n) is 7.56. The van der Waals surface area contributed by atoms with E-state index in [9.17, 15) is 4.79 Å². The second kappa shape index (κ2) is 3.27.